The minimum Gasteiger partial charge on any atom is -0.480 e. The van der Waals surface area contributed by atoms with E-state index in [2.05, 4.69) is 5.32 Å². The zero-order valence-corrected chi connectivity index (χ0v) is 10.6. The van der Waals surface area contributed by atoms with Crippen molar-refractivity contribution in [3.05, 3.63) is 21.3 Å². The van der Waals surface area contributed by atoms with Crippen molar-refractivity contribution in [2.75, 3.05) is 0 Å². The molecule has 92 valence electrons. The van der Waals surface area contributed by atoms with Gasteiger partial charge >= 0.3 is 5.97 Å². The smallest absolute Gasteiger partial charge is 0.329 e. The van der Waals surface area contributed by atoms with Crippen LogP contribution in [0.15, 0.2) is 12.1 Å². The quantitative estimate of drug-likeness (QED) is 0.882. The lowest BCUT2D eigenvalue weighted by atomic mass is 9.76. The van der Waals surface area contributed by atoms with Gasteiger partial charge in [0.25, 0.3) is 0 Å². The van der Waals surface area contributed by atoms with Crippen molar-refractivity contribution >= 4 is 34.8 Å². The summed E-state index contributed by atoms with van der Waals surface area (Å²) in [5, 5.41) is 11.7. The maximum atomic E-state index is 11.7. The molecule has 0 aliphatic heterocycles. The van der Waals surface area contributed by atoms with Crippen molar-refractivity contribution in [2.24, 2.45) is 0 Å². The van der Waals surface area contributed by atoms with Crippen LogP contribution in [0.2, 0.25) is 4.34 Å². The summed E-state index contributed by atoms with van der Waals surface area (Å²) in [6, 6.07) is 3.51. The lowest BCUT2D eigenvalue weighted by Crippen LogP contribution is -2.59. The Hall–Kier alpha value is -1.07. The van der Waals surface area contributed by atoms with Gasteiger partial charge in [-0.05, 0) is 31.4 Å². The van der Waals surface area contributed by atoms with Crippen LogP contribution < -0.4 is 5.32 Å². The van der Waals surface area contributed by atoms with E-state index < -0.39 is 11.5 Å². The van der Waals surface area contributed by atoms with Crippen LogP contribution in [0, 0.1) is 0 Å². The summed E-state index contributed by atoms with van der Waals surface area (Å²) in [4.78, 5) is 23.6. The van der Waals surface area contributed by atoms with Crippen molar-refractivity contribution in [2.45, 2.75) is 31.2 Å². The zero-order valence-electron chi connectivity index (χ0n) is 9.03. The van der Waals surface area contributed by atoms with Crippen LogP contribution in [-0.2, 0) is 16.0 Å². The van der Waals surface area contributed by atoms with Crippen molar-refractivity contribution in [1.29, 1.82) is 0 Å². The van der Waals surface area contributed by atoms with Gasteiger partial charge in [-0.2, -0.15) is 0 Å². The van der Waals surface area contributed by atoms with Crippen LogP contribution in [0.1, 0.15) is 24.1 Å². The summed E-state index contributed by atoms with van der Waals surface area (Å²) in [5.74, 6) is -1.20. The fourth-order valence-electron chi connectivity index (χ4n) is 1.84. The van der Waals surface area contributed by atoms with Crippen LogP contribution in [-0.4, -0.2) is 22.5 Å². The highest BCUT2D eigenvalue weighted by molar-refractivity contribution is 7.16. The summed E-state index contributed by atoms with van der Waals surface area (Å²) in [7, 11) is 0. The molecule has 0 atom stereocenters. The number of halogens is 1. The lowest BCUT2D eigenvalue weighted by Gasteiger charge is -2.38. The topological polar surface area (TPSA) is 66.4 Å². The molecule has 1 aliphatic rings. The molecule has 17 heavy (non-hydrogen) atoms. The molecular weight excluding hydrogens is 262 g/mol. The summed E-state index contributed by atoms with van der Waals surface area (Å²) < 4.78 is 0.629. The second-order valence-corrected chi connectivity index (χ2v) is 5.97. The maximum absolute atomic E-state index is 11.7. The Morgan fingerprint density at radius 3 is 2.59 bits per heavy atom. The third kappa shape index (κ3) is 2.61. The monoisotopic (exact) mass is 273 g/mol. The molecule has 0 saturated heterocycles. The number of aliphatic carboxylic acids is 1. The van der Waals surface area contributed by atoms with Gasteiger partial charge in [-0.15, -0.1) is 11.3 Å². The van der Waals surface area contributed by atoms with E-state index in [-0.39, 0.29) is 12.3 Å². The number of carboxylic acid groups (broad SMARTS) is 1. The first kappa shape index (κ1) is 12.4. The highest BCUT2D eigenvalue weighted by Gasteiger charge is 2.45. The molecule has 6 heteroatoms. The van der Waals surface area contributed by atoms with E-state index in [0.29, 0.717) is 17.2 Å². The van der Waals surface area contributed by atoms with Crippen LogP contribution >= 0.6 is 22.9 Å². The van der Waals surface area contributed by atoms with E-state index in [0.717, 1.165) is 11.3 Å². The van der Waals surface area contributed by atoms with Gasteiger partial charge in [-0.25, -0.2) is 4.79 Å². The third-order valence-corrected chi connectivity index (χ3v) is 4.19. The van der Waals surface area contributed by atoms with Gasteiger partial charge < -0.3 is 10.4 Å². The van der Waals surface area contributed by atoms with Crippen LogP contribution in [0.5, 0.6) is 0 Å². The number of hydrogen-bond acceptors (Lipinski definition) is 3. The minimum atomic E-state index is -1.03. The molecule has 2 rings (SSSR count). The van der Waals surface area contributed by atoms with Crippen molar-refractivity contribution in [3.8, 4) is 0 Å². The SMILES string of the molecule is O=C(Cc1ccc(Cl)s1)NC1(C(=O)O)CCC1. The standard InChI is InChI=1S/C11H12ClNO3S/c12-8-3-2-7(17-8)6-9(14)13-11(10(15)16)4-1-5-11/h2-3H,1,4-6H2,(H,13,14)(H,15,16). The first-order valence-corrected chi connectivity index (χ1v) is 6.50. The van der Waals surface area contributed by atoms with E-state index in [1.54, 1.807) is 12.1 Å². The maximum Gasteiger partial charge on any atom is 0.329 e. The van der Waals surface area contributed by atoms with Gasteiger partial charge in [0.15, 0.2) is 0 Å². The summed E-state index contributed by atoms with van der Waals surface area (Å²) in [5.41, 5.74) is -1.03. The van der Waals surface area contributed by atoms with E-state index in [1.807, 2.05) is 0 Å². The molecular formula is C11H12ClNO3S. The summed E-state index contributed by atoms with van der Waals surface area (Å²) in [6.45, 7) is 0. The first-order chi connectivity index (χ1) is 8.02. The number of thiophene rings is 1. The molecule has 1 heterocycles. The van der Waals surface area contributed by atoms with Crippen LogP contribution in [0.3, 0.4) is 0 Å². The van der Waals surface area contributed by atoms with Gasteiger partial charge in [-0.3, -0.25) is 4.79 Å². The number of nitrogens with one attached hydrogen (secondary N) is 1. The van der Waals surface area contributed by atoms with Crippen LogP contribution in [0.4, 0.5) is 0 Å². The number of carboxylic acids is 1. The Bertz CT molecular complexity index is 453. The molecule has 1 aliphatic carbocycles. The average molecular weight is 274 g/mol. The largest absolute Gasteiger partial charge is 0.480 e. The second kappa shape index (κ2) is 4.66. The molecule has 1 fully saturated rings. The van der Waals surface area contributed by atoms with Gasteiger partial charge in [0.2, 0.25) is 5.91 Å². The molecule has 0 aromatic carbocycles. The molecule has 4 nitrogen and oxygen atoms in total. The first-order valence-electron chi connectivity index (χ1n) is 5.30. The number of amides is 1. The number of rotatable bonds is 4. The molecule has 2 N–H and O–H groups in total. The van der Waals surface area contributed by atoms with Gasteiger partial charge in [0.05, 0.1) is 10.8 Å². The van der Waals surface area contributed by atoms with Crippen molar-refractivity contribution in [1.82, 2.24) is 5.32 Å². The Kier molecular flexibility index (Phi) is 3.40. The zero-order chi connectivity index (χ0) is 12.5. The molecule has 0 bridgehead atoms. The van der Waals surface area contributed by atoms with Crippen molar-refractivity contribution < 1.29 is 14.7 Å². The van der Waals surface area contributed by atoms with Crippen molar-refractivity contribution in [3.63, 3.8) is 0 Å². The van der Waals surface area contributed by atoms with E-state index in [9.17, 15) is 9.59 Å². The lowest BCUT2D eigenvalue weighted by molar-refractivity contribution is -0.151. The highest BCUT2D eigenvalue weighted by Crippen LogP contribution is 2.32. The third-order valence-electron chi connectivity index (χ3n) is 2.96. The normalized spacial score (nSPS) is 17.2. The molecule has 1 aromatic rings. The minimum absolute atomic E-state index is 0.187. The second-order valence-electron chi connectivity index (χ2n) is 4.17. The summed E-state index contributed by atoms with van der Waals surface area (Å²) >= 11 is 7.09. The molecule has 1 aromatic heterocycles. The van der Waals surface area contributed by atoms with Gasteiger partial charge in [-0.1, -0.05) is 11.6 Å². The predicted octanol–water partition coefficient (Wildman–Crippen LogP) is 2.07. The molecule has 0 radical (unpaired) electrons. The van der Waals surface area contributed by atoms with Gasteiger partial charge in [0.1, 0.15) is 5.54 Å². The predicted molar refractivity (Wildman–Crippen MR) is 65.4 cm³/mol. The molecule has 1 amide bonds. The Morgan fingerprint density at radius 1 is 1.47 bits per heavy atom. The average Bonchev–Trinajstić information content (AvgIpc) is 2.57. The number of carbonyl (C=O) groups is 2. The van der Waals surface area contributed by atoms with E-state index >= 15 is 0 Å². The fraction of sp³-hybridized carbons (Fsp3) is 0.455. The molecule has 1 saturated carbocycles. The number of carbonyl (C=O) groups excluding carboxylic acids is 1. The Balaban J connectivity index is 1.95. The van der Waals surface area contributed by atoms with Gasteiger partial charge in [0, 0.05) is 4.88 Å². The van der Waals surface area contributed by atoms with Crippen LogP contribution in [0.25, 0.3) is 0 Å². The molecule has 0 unspecified atom stereocenters. The Labute approximate surface area is 108 Å². The molecule has 0 spiro atoms. The summed E-state index contributed by atoms with van der Waals surface area (Å²) in [6.07, 6.45) is 2.06. The van der Waals surface area contributed by atoms with E-state index in [4.69, 9.17) is 16.7 Å². The van der Waals surface area contributed by atoms with E-state index in [1.165, 1.54) is 11.3 Å². The highest BCUT2D eigenvalue weighted by atomic mass is 35.5. The fourth-order valence-corrected chi connectivity index (χ4v) is 2.92. The Morgan fingerprint density at radius 2 is 2.18 bits per heavy atom. The number of hydrogen-bond donors (Lipinski definition) is 2.